The molecule has 1 saturated heterocycles. The van der Waals surface area contributed by atoms with Crippen molar-refractivity contribution in [3.05, 3.63) is 0 Å². The van der Waals surface area contributed by atoms with Crippen molar-refractivity contribution < 1.29 is 0 Å². The first-order valence-corrected chi connectivity index (χ1v) is 3.90. The van der Waals surface area contributed by atoms with E-state index < -0.39 is 0 Å². The van der Waals surface area contributed by atoms with Crippen LogP contribution >= 0.6 is 0 Å². The quantitative estimate of drug-likeness (QED) is 0.479. The third kappa shape index (κ3) is 1.68. The second-order valence-electron chi connectivity index (χ2n) is 3.46. The normalized spacial score (nSPS) is 39.0. The van der Waals surface area contributed by atoms with Gasteiger partial charge in [0, 0.05) is 6.04 Å². The molecule has 0 N–H and O–H groups in total. The smallest absolute Gasteiger partial charge is 0.00664 e. The molecule has 1 unspecified atom stereocenters. The number of likely N-dealkylation sites (tertiary alicyclic amines) is 1. The Morgan fingerprint density at radius 3 is 2.44 bits per heavy atom. The lowest BCUT2D eigenvalue weighted by Crippen LogP contribution is -2.36. The highest BCUT2D eigenvalue weighted by molar-refractivity contribution is 4.73. The van der Waals surface area contributed by atoms with Gasteiger partial charge in [0.25, 0.3) is 0 Å². The summed E-state index contributed by atoms with van der Waals surface area (Å²) < 4.78 is 0. The summed E-state index contributed by atoms with van der Waals surface area (Å²) in [6.07, 6.45) is 2.78. The van der Waals surface area contributed by atoms with E-state index in [4.69, 9.17) is 0 Å². The van der Waals surface area contributed by atoms with Crippen LogP contribution in [-0.4, -0.2) is 24.5 Å². The number of hydrogen-bond donors (Lipinski definition) is 0. The van der Waals surface area contributed by atoms with Crippen LogP contribution in [0.3, 0.4) is 0 Å². The van der Waals surface area contributed by atoms with Crippen LogP contribution in [0.15, 0.2) is 0 Å². The fraction of sp³-hybridized carbons (Fsp3) is 1.00. The van der Waals surface area contributed by atoms with E-state index in [0.29, 0.717) is 0 Å². The Balaban J connectivity index is 2.35. The summed E-state index contributed by atoms with van der Waals surface area (Å²) in [5.74, 6) is 0.955. The molecule has 0 aromatic heterocycles. The Hall–Kier alpha value is -0.0400. The SMILES string of the molecule is CC1CCN(C)[C@H](C)C1. The Kier molecular flexibility index (Phi) is 2.12. The van der Waals surface area contributed by atoms with Crippen LogP contribution in [0.5, 0.6) is 0 Å². The van der Waals surface area contributed by atoms with Gasteiger partial charge in [-0.25, -0.2) is 0 Å². The van der Waals surface area contributed by atoms with E-state index in [-0.39, 0.29) is 0 Å². The predicted molar refractivity (Wildman–Crippen MR) is 40.5 cm³/mol. The average Bonchev–Trinajstić information content (AvgIpc) is 1.80. The third-order valence-electron chi connectivity index (χ3n) is 2.47. The van der Waals surface area contributed by atoms with Gasteiger partial charge < -0.3 is 4.90 Å². The minimum atomic E-state index is 0.814. The second-order valence-corrected chi connectivity index (χ2v) is 3.46. The van der Waals surface area contributed by atoms with E-state index in [1.54, 1.807) is 0 Å². The molecule has 0 aromatic carbocycles. The maximum Gasteiger partial charge on any atom is 0.00664 e. The van der Waals surface area contributed by atoms with Gasteiger partial charge in [0.2, 0.25) is 0 Å². The maximum absolute atomic E-state index is 2.44. The van der Waals surface area contributed by atoms with Gasteiger partial charge in [-0.1, -0.05) is 6.92 Å². The Bertz CT molecular complexity index is 90.6. The summed E-state index contributed by atoms with van der Waals surface area (Å²) in [5.41, 5.74) is 0. The van der Waals surface area contributed by atoms with Crippen molar-refractivity contribution in [3.8, 4) is 0 Å². The maximum atomic E-state index is 2.44. The van der Waals surface area contributed by atoms with Gasteiger partial charge in [-0.2, -0.15) is 0 Å². The van der Waals surface area contributed by atoms with Gasteiger partial charge in [0.1, 0.15) is 0 Å². The molecule has 0 spiro atoms. The molecule has 0 aliphatic carbocycles. The molecule has 1 fully saturated rings. The van der Waals surface area contributed by atoms with Crippen LogP contribution in [0.4, 0.5) is 0 Å². The monoisotopic (exact) mass is 127 g/mol. The molecule has 1 heteroatoms. The Morgan fingerprint density at radius 1 is 1.33 bits per heavy atom. The van der Waals surface area contributed by atoms with Crippen molar-refractivity contribution in [3.63, 3.8) is 0 Å². The molecule has 9 heavy (non-hydrogen) atoms. The molecule has 54 valence electrons. The van der Waals surface area contributed by atoms with Crippen LogP contribution in [0, 0.1) is 5.92 Å². The van der Waals surface area contributed by atoms with Gasteiger partial charge in [-0.15, -0.1) is 0 Å². The largest absolute Gasteiger partial charge is 0.304 e. The lowest BCUT2D eigenvalue weighted by Gasteiger charge is -2.33. The van der Waals surface area contributed by atoms with E-state index in [1.807, 2.05) is 0 Å². The van der Waals surface area contributed by atoms with Crippen LogP contribution in [0.25, 0.3) is 0 Å². The molecule has 1 aliphatic heterocycles. The fourth-order valence-electron chi connectivity index (χ4n) is 1.52. The minimum Gasteiger partial charge on any atom is -0.304 e. The first-order valence-electron chi connectivity index (χ1n) is 3.90. The topological polar surface area (TPSA) is 3.24 Å². The van der Waals surface area contributed by atoms with Crippen molar-refractivity contribution in [2.45, 2.75) is 32.7 Å². The zero-order valence-electron chi connectivity index (χ0n) is 6.72. The number of nitrogens with zero attached hydrogens (tertiary/aromatic N) is 1. The average molecular weight is 127 g/mol. The molecule has 0 bridgehead atoms. The molecule has 1 aliphatic rings. The summed E-state index contributed by atoms with van der Waals surface area (Å²) in [5, 5.41) is 0. The van der Waals surface area contributed by atoms with E-state index in [2.05, 4.69) is 25.8 Å². The molecular formula is C8H17N. The summed E-state index contributed by atoms with van der Waals surface area (Å²) >= 11 is 0. The number of hydrogen-bond acceptors (Lipinski definition) is 1. The molecular weight excluding hydrogens is 110 g/mol. The lowest BCUT2D eigenvalue weighted by atomic mass is 9.94. The number of piperidine rings is 1. The highest BCUT2D eigenvalue weighted by atomic mass is 15.1. The zero-order chi connectivity index (χ0) is 6.85. The van der Waals surface area contributed by atoms with E-state index in [9.17, 15) is 0 Å². The Labute approximate surface area is 58.0 Å². The summed E-state index contributed by atoms with van der Waals surface area (Å²) in [7, 11) is 2.22. The Morgan fingerprint density at radius 2 is 2.00 bits per heavy atom. The fourth-order valence-corrected chi connectivity index (χ4v) is 1.52. The highest BCUT2D eigenvalue weighted by Crippen LogP contribution is 2.19. The standard InChI is InChI=1S/C8H17N/c1-7-4-5-9(3)8(2)6-7/h7-8H,4-6H2,1-3H3/t7?,8-/m1/s1. The van der Waals surface area contributed by atoms with Crippen molar-refractivity contribution in [1.82, 2.24) is 4.90 Å². The van der Waals surface area contributed by atoms with E-state index in [1.165, 1.54) is 19.4 Å². The molecule has 1 rings (SSSR count). The number of rotatable bonds is 0. The van der Waals surface area contributed by atoms with Crippen molar-refractivity contribution in [1.29, 1.82) is 0 Å². The summed E-state index contributed by atoms with van der Waals surface area (Å²) in [4.78, 5) is 2.44. The highest BCUT2D eigenvalue weighted by Gasteiger charge is 2.18. The molecule has 1 heterocycles. The van der Waals surface area contributed by atoms with Gasteiger partial charge >= 0.3 is 0 Å². The van der Waals surface area contributed by atoms with Crippen LogP contribution in [0.1, 0.15) is 26.7 Å². The molecule has 2 atom stereocenters. The first kappa shape index (κ1) is 7.07. The molecule has 0 saturated carbocycles. The van der Waals surface area contributed by atoms with Crippen LogP contribution in [-0.2, 0) is 0 Å². The van der Waals surface area contributed by atoms with Gasteiger partial charge in [0.05, 0.1) is 0 Å². The molecule has 0 amide bonds. The van der Waals surface area contributed by atoms with Crippen LogP contribution < -0.4 is 0 Å². The zero-order valence-corrected chi connectivity index (χ0v) is 6.72. The lowest BCUT2D eigenvalue weighted by molar-refractivity contribution is 0.162. The van der Waals surface area contributed by atoms with Gasteiger partial charge in [-0.3, -0.25) is 0 Å². The predicted octanol–water partition coefficient (Wildman–Crippen LogP) is 1.74. The van der Waals surface area contributed by atoms with Crippen LogP contribution in [0.2, 0.25) is 0 Å². The second kappa shape index (κ2) is 2.70. The van der Waals surface area contributed by atoms with E-state index in [0.717, 1.165) is 12.0 Å². The first-order chi connectivity index (χ1) is 4.20. The summed E-state index contributed by atoms with van der Waals surface area (Å²) in [6.45, 7) is 5.96. The molecule has 0 radical (unpaired) electrons. The third-order valence-corrected chi connectivity index (χ3v) is 2.47. The summed E-state index contributed by atoms with van der Waals surface area (Å²) in [6, 6.07) is 0.814. The van der Waals surface area contributed by atoms with Gasteiger partial charge in [0.15, 0.2) is 0 Å². The van der Waals surface area contributed by atoms with Crippen molar-refractivity contribution in [2.75, 3.05) is 13.6 Å². The molecule has 0 aromatic rings. The molecule has 1 nitrogen and oxygen atoms in total. The minimum absolute atomic E-state index is 0.814. The van der Waals surface area contributed by atoms with E-state index >= 15 is 0 Å². The van der Waals surface area contributed by atoms with Crippen molar-refractivity contribution >= 4 is 0 Å². The van der Waals surface area contributed by atoms with Gasteiger partial charge in [-0.05, 0) is 39.3 Å². The van der Waals surface area contributed by atoms with Crippen molar-refractivity contribution in [2.24, 2.45) is 5.92 Å².